The summed E-state index contributed by atoms with van der Waals surface area (Å²) in [6.07, 6.45) is 1.95. The molecule has 0 spiro atoms. The van der Waals surface area contributed by atoms with E-state index in [1.54, 1.807) is 4.57 Å². The Bertz CT molecular complexity index is 790. The number of fused-ring (bicyclic) bond motifs is 1. The van der Waals surface area contributed by atoms with Crippen molar-refractivity contribution in [3.05, 3.63) is 28.7 Å². The maximum atomic E-state index is 12.3. The van der Waals surface area contributed by atoms with Gasteiger partial charge in [0.15, 0.2) is 5.58 Å². The van der Waals surface area contributed by atoms with Gasteiger partial charge in [0.2, 0.25) is 0 Å². The molecule has 2 saturated heterocycles. The van der Waals surface area contributed by atoms with Crippen LogP contribution in [-0.4, -0.2) is 37.1 Å². The number of hydrogen-bond donors (Lipinski definition) is 0. The van der Waals surface area contributed by atoms with Crippen LogP contribution in [0, 0.1) is 5.92 Å². The summed E-state index contributed by atoms with van der Waals surface area (Å²) in [6, 6.07) is 5.67. The van der Waals surface area contributed by atoms with E-state index < -0.39 is 7.12 Å². The van der Waals surface area contributed by atoms with Crippen LogP contribution in [0.2, 0.25) is 0 Å². The topological polar surface area (TPSA) is 62.8 Å². The predicted octanol–water partition coefficient (Wildman–Crippen LogP) is 1.54. The van der Waals surface area contributed by atoms with Crippen LogP contribution in [-0.2, 0) is 20.6 Å². The highest BCUT2D eigenvalue weighted by atomic mass is 16.7. The first-order valence-corrected chi connectivity index (χ1v) is 8.52. The molecule has 6 nitrogen and oxygen atoms in total. The Morgan fingerprint density at radius 1 is 1.29 bits per heavy atom. The zero-order chi connectivity index (χ0) is 16.7. The van der Waals surface area contributed by atoms with E-state index in [1.807, 2.05) is 32.0 Å². The number of hydrogen-bond acceptors (Lipinski definition) is 5. The lowest BCUT2D eigenvalue weighted by Crippen LogP contribution is -2.34. The third-order valence-corrected chi connectivity index (χ3v) is 4.75. The zero-order valence-corrected chi connectivity index (χ0v) is 14.1. The number of aromatic nitrogens is 1. The Balaban J connectivity index is 1.65. The molecule has 2 aliphatic heterocycles. The minimum absolute atomic E-state index is 0.294. The minimum Gasteiger partial charge on any atom is -0.408 e. The Morgan fingerprint density at radius 2 is 2.08 bits per heavy atom. The molecule has 2 fully saturated rings. The van der Waals surface area contributed by atoms with Crippen molar-refractivity contribution < 1.29 is 18.5 Å². The summed E-state index contributed by atoms with van der Waals surface area (Å²) >= 11 is 0. The second-order valence-corrected chi connectivity index (χ2v) is 7.28. The summed E-state index contributed by atoms with van der Waals surface area (Å²) in [5.41, 5.74) is 2.03. The molecule has 0 radical (unpaired) electrons. The first-order valence-electron chi connectivity index (χ1n) is 8.52. The summed E-state index contributed by atoms with van der Waals surface area (Å²) in [6.45, 7) is 6.75. The van der Waals surface area contributed by atoms with Gasteiger partial charge >= 0.3 is 12.9 Å². The average molecular weight is 331 g/mol. The number of rotatable bonds is 3. The van der Waals surface area contributed by atoms with Gasteiger partial charge in [0.25, 0.3) is 0 Å². The third kappa shape index (κ3) is 3.03. The van der Waals surface area contributed by atoms with Crippen molar-refractivity contribution in [2.24, 2.45) is 5.92 Å². The lowest BCUT2D eigenvalue weighted by Gasteiger charge is -2.22. The first kappa shape index (κ1) is 15.9. The van der Waals surface area contributed by atoms with Crippen molar-refractivity contribution in [3.8, 4) is 0 Å². The zero-order valence-electron chi connectivity index (χ0n) is 14.1. The van der Waals surface area contributed by atoms with E-state index in [-0.39, 0.29) is 11.4 Å². The van der Waals surface area contributed by atoms with E-state index in [9.17, 15) is 4.79 Å². The van der Waals surface area contributed by atoms with Crippen molar-refractivity contribution in [1.82, 2.24) is 4.57 Å². The molecule has 0 amide bonds. The molecular weight excluding hydrogens is 309 g/mol. The van der Waals surface area contributed by atoms with Crippen LogP contribution in [0.5, 0.6) is 0 Å². The summed E-state index contributed by atoms with van der Waals surface area (Å²) in [4.78, 5) is 12.3. The van der Waals surface area contributed by atoms with Gasteiger partial charge in [-0.1, -0.05) is 6.07 Å². The van der Waals surface area contributed by atoms with Crippen molar-refractivity contribution >= 4 is 23.7 Å². The van der Waals surface area contributed by atoms with E-state index >= 15 is 0 Å². The van der Waals surface area contributed by atoms with Crippen molar-refractivity contribution in [3.63, 3.8) is 0 Å². The van der Waals surface area contributed by atoms with Gasteiger partial charge in [0, 0.05) is 19.8 Å². The van der Waals surface area contributed by atoms with E-state index in [0.29, 0.717) is 24.7 Å². The minimum atomic E-state index is -0.397. The summed E-state index contributed by atoms with van der Waals surface area (Å²) < 4.78 is 24.2. The molecule has 24 heavy (non-hydrogen) atoms. The molecule has 3 heterocycles. The van der Waals surface area contributed by atoms with E-state index in [0.717, 1.165) is 37.0 Å². The highest BCUT2D eigenvalue weighted by Gasteiger charge is 2.38. The number of benzene rings is 1. The molecule has 7 heteroatoms. The summed E-state index contributed by atoms with van der Waals surface area (Å²) in [7, 11) is -0.397. The van der Waals surface area contributed by atoms with E-state index in [4.69, 9.17) is 18.5 Å². The average Bonchev–Trinajstić information content (AvgIpc) is 3.08. The van der Waals surface area contributed by atoms with Gasteiger partial charge in [-0.15, -0.1) is 0 Å². The van der Waals surface area contributed by atoms with Gasteiger partial charge in [-0.25, -0.2) is 4.79 Å². The fourth-order valence-corrected chi connectivity index (χ4v) is 3.38. The predicted molar refractivity (Wildman–Crippen MR) is 90.5 cm³/mol. The molecule has 0 atom stereocenters. The molecule has 2 aromatic rings. The van der Waals surface area contributed by atoms with Crippen LogP contribution in [0.4, 0.5) is 0 Å². The van der Waals surface area contributed by atoms with Crippen LogP contribution in [0.1, 0.15) is 26.7 Å². The third-order valence-electron chi connectivity index (χ3n) is 4.75. The van der Waals surface area contributed by atoms with E-state index in [2.05, 4.69) is 0 Å². The molecule has 0 aliphatic carbocycles. The Kier molecular flexibility index (Phi) is 4.02. The van der Waals surface area contributed by atoms with Crippen LogP contribution in [0.15, 0.2) is 27.4 Å². The molecule has 0 saturated carbocycles. The molecule has 1 aromatic carbocycles. The first-order chi connectivity index (χ1) is 11.5. The number of oxazole rings is 1. The quantitative estimate of drug-likeness (QED) is 0.799. The number of nitrogens with zero attached hydrogens (tertiary/aromatic N) is 1. The van der Waals surface area contributed by atoms with Gasteiger partial charge < -0.3 is 18.5 Å². The molecule has 4 rings (SSSR count). The molecule has 0 unspecified atom stereocenters. The van der Waals surface area contributed by atoms with Crippen molar-refractivity contribution in [2.75, 3.05) is 19.8 Å². The Morgan fingerprint density at radius 3 is 2.79 bits per heavy atom. The van der Waals surface area contributed by atoms with Crippen LogP contribution >= 0.6 is 0 Å². The molecule has 1 aromatic heterocycles. The van der Waals surface area contributed by atoms with Gasteiger partial charge in [-0.05, 0) is 50.2 Å². The Hall–Kier alpha value is -1.57. The number of ether oxygens (including phenoxy) is 1. The normalized spacial score (nSPS) is 21.7. The fourth-order valence-electron chi connectivity index (χ4n) is 3.38. The SMILES string of the molecule is CC1(C)COB(c2ccc3oc(=O)n(CC4CCOCC4)c3c2)O1. The lowest BCUT2D eigenvalue weighted by molar-refractivity contribution is 0.0610. The van der Waals surface area contributed by atoms with Crippen molar-refractivity contribution in [2.45, 2.75) is 38.8 Å². The van der Waals surface area contributed by atoms with Gasteiger partial charge in [0.1, 0.15) is 0 Å². The molecule has 0 bridgehead atoms. The molecular formula is C17H22BNO5. The van der Waals surface area contributed by atoms with Crippen LogP contribution in [0.25, 0.3) is 11.1 Å². The summed E-state index contributed by atoms with van der Waals surface area (Å²) in [5.74, 6) is 0.140. The molecule has 128 valence electrons. The highest BCUT2D eigenvalue weighted by Crippen LogP contribution is 2.22. The largest absolute Gasteiger partial charge is 0.494 e. The monoisotopic (exact) mass is 331 g/mol. The van der Waals surface area contributed by atoms with Gasteiger partial charge in [-0.3, -0.25) is 4.57 Å². The second-order valence-electron chi connectivity index (χ2n) is 7.28. The molecule has 2 aliphatic rings. The van der Waals surface area contributed by atoms with E-state index in [1.165, 1.54) is 0 Å². The lowest BCUT2D eigenvalue weighted by atomic mass is 9.79. The standard InChI is InChI=1S/C17H22BNO5/c1-17(2)11-22-18(24-17)13-3-4-15-14(9-13)19(16(20)23-15)10-12-5-7-21-8-6-12/h3-4,9,12H,5-8,10-11H2,1-2H3. The van der Waals surface area contributed by atoms with Crippen molar-refractivity contribution in [1.29, 1.82) is 0 Å². The fraction of sp³-hybridized carbons (Fsp3) is 0.588. The second kappa shape index (κ2) is 6.06. The summed E-state index contributed by atoms with van der Waals surface area (Å²) in [5, 5.41) is 0. The van der Waals surface area contributed by atoms with Crippen LogP contribution in [0.3, 0.4) is 0 Å². The molecule has 0 N–H and O–H groups in total. The highest BCUT2D eigenvalue weighted by molar-refractivity contribution is 6.62. The maximum Gasteiger partial charge on any atom is 0.494 e. The van der Waals surface area contributed by atoms with Gasteiger partial charge in [-0.2, -0.15) is 0 Å². The van der Waals surface area contributed by atoms with Gasteiger partial charge in [0.05, 0.1) is 17.7 Å². The Labute approximate surface area is 140 Å². The maximum absolute atomic E-state index is 12.3. The smallest absolute Gasteiger partial charge is 0.408 e. The van der Waals surface area contributed by atoms with Crippen LogP contribution < -0.4 is 11.2 Å².